The van der Waals surface area contributed by atoms with Crippen LogP contribution in [0.3, 0.4) is 0 Å². The lowest BCUT2D eigenvalue weighted by Crippen LogP contribution is -2.26. The highest BCUT2D eigenvalue weighted by molar-refractivity contribution is 6.32. The quantitative estimate of drug-likeness (QED) is 0.767. The summed E-state index contributed by atoms with van der Waals surface area (Å²) in [4.78, 5) is 4.35. The molecule has 4 rings (SSSR count). The van der Waals surface area contributed by atoms with Gasteiger partial charge in [0.15, 0.2) is 5.96 Å². The van der Waals surface area contributed by atoms with Gasteiger partial charge in [-0.3, -0.25) is 4.99 Å². The predicted octanol–water partition coefficient (Wildman–Crippen LogP) is 4.11. The Balaban J connectivity index is 1.32. The van der Waals surface area contributed by atoms with Crippen molar-refractivity contribution in [1.29, 1.82) is 0 Å². The molecule has 0 radical (unpaired) electrons. The maximum atomic E-state index is 6.45. The fraction of sp³-hybridized carbons (Fsp3) is 0.409. The fourth-order valence-electron chi connectivity index (χ4n) is 3.45. The van der Waals surface area contributed by atoms with Crippen LogP contribution >= 0.6 is 11.6 Å². The van der Waals surface area contributed by atoms with E-state index in [4.69, 9.17) is 21.1 Å². The molecular weight excluding hydrogens is 374 g/mol. The van der Waals surface area contributed by atoms with E-state index in [0.29, 0.717) is 17.5 Å². The van der Waals surface area contributed by atoms with Gasteiger partial charge >= 0.3 is 0 Å². The van der Waals surface area contributed by atoms with Crippen LogP contribution in [0.5, 0.6) is 5.75 Å². The first kappa shape index (κ1) is 19.1. The van der Waals surface area contributed by atoms with Gasteiger partial charge in [0, 0.05) is 25.4 Å². The van der Waals surface area contributed by atoms with E-state index in [1.807, 2.05) is 12.1 Å². The number of aliphatic imine (C=N–C) groups is 1. The molecule has 148 valence electrons. The normalized spacial score (nSPS) is 17.1. The number of nitrogens with one attached hydrogen (secondary N) is 2. The zero-order valence-corrected chi connectivity index (χ0v) is 16.7. The minimum atomic E-state index is 0.557. The number of hydrogen-bond donors (Lipinski definition) is 2. The van der Waals surface area contributed by atoms with Crippen molar-refractivity contribution in [2.45, 2.75) is 19.3 Å². The summed E-state index contributed by atoms with van der Waals surface area (Å²) in [6.45, 7) is 4.10. The summed E-state index contributed by atoms with van der Waals surface area (Å²) in [5.41, 5.74) is 3.44. The molecule has 2 N–H and O–H groups in total. The highest BCUT2D eigenvalue weighted by Gasteiger charge is 2.15. The first-order valence-corrected chi connectivity index (χ1v) is 10.3. The average Bonchev–Trinajstić information content (AvgIpc) is 3.23. The van der Waals surface area contributed by atoms with Crippen LogP contribution in [0.4, 0.5) is 5.69 Å². The molecule has 28 heavy (non-hydrogen) atoms. The van der Waals surface area contributed by atoms with Gasteiger partial charge in [0.05, 0.1) is 18.2 Å². The van der Waals surface area contributed by atoms with Gasteiger partial charge < -0.3 is 20.1 Å². The van der Waals surface area contributed by atoms with Crippen molar-refractivity contribution in [3.63, 3.8) is 0 Å². The van der Waals surface area contributed by atoms with Crippen molar-refractivity contribution in [3.05, 3.63) is 58.6 Å². The monoisotopic (exact) mass is 399 g/mol. The summed E-state index contributed by atoms with van der Waals surface area (Å²) < 4.78 is 11.3. The van der Waals surface area contributed by atoms with E-state index in [-0.39, 0.29) is 0 Å². The van der Waals surface area contributed by atoms with E-state index in [2.05, 4.69) is 46.0 Å². The summed E-state index contributed by atoms with van der Waals surface area (Å²) in [6, 6.07) is 14.5. The van der Waals surface area contributed by atoms with Crippen LogP contribution in [-0.2, 0) is 11.2 Å². The molecule has 1 saturated heterocycles. The van der Waals surface area contributed by atoms with E-state index in [0.717, 1.165) is 63.0 Å². The summed E-state index contributed by atoms with van der Waals surface area (Å²) in [5.74, 6) is 2.17. The van der Waals surface area contributed by atoms with E-state index < -0.39 is 0 Å². The van der Waals surface area contributed by atoms with Crippen LogP contribution in [0, 0.1) is 5.92 Å². The molecule has 1 fully saturated rings. The third-order valence-electron chi connectivity index (χ3n) is 5.11. The first-order chi connectivity index (χ1) is 13.8. The van der Waals surface area contributed by atoms with Crippen molar-refractivity contribution < 1.29 is 9.47 Å². The molecule has 0 unspecified atom stereocenters. The second-order valence-electron chi connectivity index (χ2n) is 7.29. The van der Waals surface area contributed by atoms with Crippen LogP contribution in [0.2, 0.25) is 5.02 Å². The number of rotatable bonds is 6. The van der Waals surface area contributed by atoms with E-state index in [1.54, 1.807) is 0 Å². The number of guanidine groups is 1. The number of nitrogens with zero attached hydrogens (tertiary/aromatic N) is 1. The molecule has 0 bridgehead atoms. The molecular formula is C22H26ClN3O2. The maximum absolute atomic E-state index is 6.45. The minimum Gasteiger partial charge on any atom is -0.492 e. The average molecular weight is 400 g/mol. The lowest BCUT2D eigenvalue weighted by Gasteiger charge is -2.22. The summed E-state index contributed by atoms with van der Waals surface area (Å²) in [7, 11) is 0. The Morgan fingerprint density at radius 1 is 1.11 bits per heavy atom. The summed E-state index contributed by atoms with van der Waals surface area (Å²) in [6.07, 6.45) is 2.95. The zero-order chi connectivity index (χ0) is 19.2. The summed E-state index contributed by atoms with van der Waals surface area (Å²) in [5, 5.41) is 7.17. The second-order valence-corrected chi connectivity index (χ2v) is 7.69. The van der Waals surface area contributed by atoms with Crippen molar-refractivity contribution in [2.24, 2.45) is 10.9 Å². The van der Waals surface area contributed by atoms with Gasteiger partial charge in [-0.15, -0.1) is 0 Å². The molecule has 0 aliphatic carbocycles. The summed E-state index contributed by atoms with van der Waals surface area (Å²) >= 11 is 6.45. The van der Waals surface area contributed by atoms with E-state index in [9.17, 15) is 0 Å². The molecule has 0 aromatic heterocycles. The Labute approximate surface area is 171 Å². The van der Waals surface area contributed by atoms with Gasteiger partial charge in [-0.2, -0.15) is 0 Å². The minimum absolute atomic E-state index is 0.557. The van der Waals surface area contributed by atoms with E-state index in [1.165, 1.54) is 11.1 Å². The van der Waals surface area contributed by atoms with Gasteiger partial charge in [-0.1, -0.05) is 29.8 Å². The molecule has 2 aliphatic rings. The van der Waals surface area contributed by atoms with Crippen LogP contribution in [0.1, 0.15) is 24.0 Å². The van der Waals surface area contributed by atoms with Crippen LogP contribution in [-0.4, -0.2) is 38.9 Å². The molecule has 0 amide bonds. The van der Waals surface area contributed by atoms with Gasteiger partial charge in [0.25, 0.3) is 0 Å². The Hall–Kier alpha value is -2.24. The van der Waals surface area contributed by atoms with E-state index >= 15 is 0 Å². The first-order valence-electron chi connectivity index (χ1n) is 9.89. The lowest BCUT2D eigenvalue weighted by atomic mass is 10.0. The Kier molecular flexibility index (Phi) is 6.34. The molecule has 2 aromatic rings. The van der Waals surface area contributed by atoms with Crippen LogP contribution in [0.25, 0.3) is 0 Å². The number of hydrogen-bond acceptors (Lipinski definition) is 5. The Morgan fingerprint density at radius 2 is 1.89 bits per heavy atom. The van der Waals surface area contributed by atoms with Crippen molar-refractivity contribution in [2.75, 3.05) is 38.2 Å². The topological polar surface area (TPSA) is 54.9 Å². The van der Waals surface area contributed by atoms with Crippen LogP contribution in [0.15, 0.2) is 47.5 Å². The lowest BCUT2D eigenvalue weighted by molar-refractivity contribution is 0.0498. The number of halogens is 1. The molecule has 2 aromatic carbocycles. The SMILES string of the molecule is Clc1cc(Cc2ccc(NC3=NCCN3)cc2)ccc1OCC1CCOCC1. The van der Waals surface area contributed by atoms with Gasteiger partial charge in [-0.25, -0.2) is 0 Å². The Bertz CT molecular complexity index is 817. The molecule has 5 nitrogen and oxygen atoms in total. The Morgan fingerprint density at radius 3 is 2.61 bits per heavy atom. The molecule has 0 saturated carbocycles. The molecule has 0 spiro atoms. The molecule has 2 aliphatic heterocycles. The highest BCUT2D eigenvalue weighted by Crippen LogP contribution is 2.28. The molecule has 0 atom stereocenters. The molecule has 6 heteroatoms. The second kappa shape index (κ2) is 9.30. The zero-order valence-electron chi connectivity index (χ0n) is 15.9. The van der Waals surface area contributed by atoms with Crippen LogP contribution < -0.4 is 15.4 Å². The largest absolute Gasteiger partial charge is 0.492 e. The third kappa shape index (κ3) is 5.18. The number of anilines is 1. The van der Waals surface area contributed by atoms with Gasteiger partial charge in [0.2, 0.25) is 0 Å². The predicted molar refractivity (Wildman–Crippen MR) is 114 cm³/mol. The van der Waals surface area contributed by atoms with Crippen molar-refractivity contribution in [1.82, 2.24) is 5.32 Å². The fourth-order valence-corrected chi connectivity index (χ4v) is 3.71. The van der Waals surface area contributed by atoms with Gasteiger partial charge in [0.1, 0.15) is 5.75 Å². The molecule has 2 heterocycles. The smallest absolute Gasteiger partial charge is 0.195 e. The standard InChI is InChI=1S/C22H26ClN3O2/c23-20-14-18(3-6-21(20)28-15-17-7-11-27-12-8-17)13-16-1-4-19(5-2-16)26-22-24-9-10-25-22/h1-6,14,17H,7-13,15H2,(H2,24,25,26). The third-order valence-corrected chi connectivity index (χ3v) is 5.41. The number of ether oxygens (including phenoxy) is 2. The van der Waals surface area contributed by atoms with Crippen molar-refractivity contribution >= 4 is 23.2 Å². The van der Waals surface area contributed by atoms with Gasteiger partial charge in [-0.05, 0) is 60.6 Å². The highest BCUT2D eigenvalue weighted by atomic mass is 35.5. The van der Waals surface area contributed by atoms with Crippen molar-refractivity contribution in [3.8, 4) is 5.75 Å². The number of benzene rings is 2. The maximum Gasteiger partial charge on any atom is 0.195 e.